The summed E-state index contributed by atoms with van der Waals surface area (Å²) in [5, 5.41) is 2.98. The zero-order valence-corrected chi connectivity index (χ0v) is 14.6. The van der Waals surface area contributed by atoms with Crippen molar-refractivity contribution in [2.75, 3.05) is 0 Å². The highest BCUT2D eigenvalue weighted by Crippen LogP contribution is 2.22. The Hall–Kier alpha value is -1.69. The molecule has 3 N–H and O–H groups in total. The summed E-state index contributed by atoms with van der Waals surface area (Å²) in [6, 6.07) is 16.3. The van der Waals surface area contributed by atoms with Crippen molar-refractivity contribution in [3.05, 3.63) is 69.7 Å². The molecule has 5 heteroatoms. The molecule has 2 atom stereocenters. The number of hydrogen-bond donors (Lipinski definition) is 3. The first-order chi connectivity index (χ1) is 11.1. The van der Waals surface area contributed by atoms with Crippen molar-refractivity contribution in [3.8, 4) is 0 Å². The van der Waals surface area contributed by atoms with Crippen LogP contribution in [0.4, 0.5) is 0 Å². The highest BCUT2D eigenvalue weighted by atomic mass is 79.9. The molecule has 0 spiro atoms. The average molecular weight is 374 g/mol. The van der Waals surface area contributed by atoms with E-state index in [0.29, 0.717) is 6.54 Å². The molecule has 0 radical (unpaired) electrons. The topological polar surface area (TPSA) is 53.2 Å². The maximum atomic E-state index is 12.3. The first-order valence-electron chi connectivity index (χ1n) is 7.71. The zero-order chi connectivity index (χ0) is 16.2. The van der Waals surface area contributed by atoms with E-state index < -0.39 is 0 Å². The second-order valence-corrected chi connectivity index (χ2v) is 6.80. The number of amides is 1. The molecular formula is C18H20BrN3O. The van der Waals surface area contributed by atoms with Crippen LogP contribution < -0.4 is 16.2 Å². The van der Waals surface area contributed by atoms with E-state index in [-0.39, 0.29) is 18.0 Å². The fraction of sp³-hybridized carbons (Fsp3) is 0.278. The first-order valence-corrected chi connectivity index (χ1v) is 8.51. The van der Waals surface area contributed by atoms with Gasteiger partial charge in [-0.05, 0) is 36.6 Å². The Bertz CT molecular complexity index is 670. The minimum Gasteiger partial charge on any atom is -0.351 e. The molecule has 1 aliphatic rings. The van der Waals surface area contributed by atoms with Crippen molar-refractivity contribution >= 4 is 21.8 Å². The largest absolute Gasteiger partial charge is 0.351 e. The first kappa shape index (κ1) is 16.2. The molecule has 23 heavy (non-hydrogen) atoms. The van der Waals surface area contributed by atoms with Crippen molar-refractivity contribution < 1.29 is 4.79 Å². The van der Waals surface area contributed by atoms with Crippen molar-refractivity contribution in [3.63, 3.8) is 0 Å². The van der Waals surface area contributed by atoms with Crippen LogP contribution in [0, 0.1) is 6.92 Å². The molecule has 1 aliphatic heterocycles. The van der Waals surface area contributed by atoms with Gasteiger partial charge in [0.05, 0.1) is 0 Å². The molecular weight excluding hydrogens is 354 g/mol. The van der Waals surface area contributed by atoms with Gasteiger partial charge in [-0.15, -0.1) is 0 Å². The van der Waals surface area contributed by atoms with Crippen LogP contribution in [-0.4, -0.2) is 11.9 Å². The van der Waals surface area contributed by atoms with Crippen LogP contribution in [0.25, 0.3) is 0 Å². The average Bonchev–Trinajstić information content (AvgIpc) is 3.05. The Kier molecular flexibility index (Phi) is 5.10. The molecule has 4 nitrogen and oxygen atoms in total. The lowest BCUT2D eigenvalue weighted by Gasteiger charge is -2.11. The van der Waals surface area contributed by atoms with Gasteiger partial charge in [0.2, 0.25) is 5.91 Å². The molecule has 2 aromatic carbocycles. The van der Waals surface area contributed by atoms with Crippen molar-refractivity contribution in [2.24, 2.45) is 0 Å². The summed E-state index contributed by atoms with van der Waals surface area (Å²) in [6.45, 7) is 2.61. The second kappa shape index (κ2) is 7.25. The standard InChI is InChI=1S/C18H20BrN3O/c1-12-2-6-14(7-3-12)16-10-17(22-21-16)18(23)20-11-13-4-8-15(19)9-5-13/h2-9,16-17,21-22H,10-11H2,1H3,(H,20,23). The van der Waals surface area contributed by atoms with Gasteiger partial charge in [0.25, 0.3) is 0 Å². The van der Waals surface area contributed by atoms with Gasteiger partial charge >= 0.3 is 0 Å². The van der Waals surface area contributed by atoms with E-state index in [1.807, 2.05) is 24.3 Å². The Balaban J connectivity index is 1.53. The smallest absolute Gasteiger partial charge is 0.238 e. The molecule has 120 valence electrons. The normalized spacial score (nSPS) is 20.4. The van der Waals surface area contributed by atoms with Crippen LogP contribution in [0.3, 0.4) is 0 Å². The molecule has 0 aliphatic carbocycles. The second-order valence-electron chi connectivity index (χ2n) is 5.88. The molecule has 1 amide bonds. The Morgan fingerprint density at radius 1 is 1.13 bits per heavy atom. The predicted octanol–water partition coefficient (Wildman–Crippen LogP) is 2.98. The van der Waals surface area contributed by atoms with Crippen LogP contribution in [0.15, 0.2) is 53.0 Å². The van der Waals surface area contributed by atoms with Crippen molar-refractivity contribution in [1.82, 2.24) is 16.2 Å². The zero-order valence-electron chi connectivity index (χ0n) is 13.0. The maximum absolute atomic E-state index is 12.3. The van der Waals surface area contributed by atoms with Gasteiger partial charge in [0, 0.05) is 17.1 Å². The Morgan fingerprint density at radius 2 is 1.83 bits per heavy atom. The number of benzene rings is 2. The van der Waals surface area contributed by atoms with E-state index in [9.17, 15) is 4.79 Å². The summed E-state index contributed by atoms with van der Waals surface area (Å²) >= 11 is 3.41. The summed E-state index contributed by atoms with van der Waals surface area (Å²) in [7, 11) is 0. The molecule has 0 aromatic heterocycles. The predicted molar refractivity (Wildman–Crippen MR) is 94.6 cm³/mol. The molecule has 1 saturated heterocycles. The van der Waals surface area contributed by atoms with E-state index in [2.05, 4.69) is 63.3 Å². The van der Waals surface area contributed by atoms with Crippen LogP contribution in [0.2, 0.25) is 0 Å². The number of carbonyl (C=O) groups excluding carboxylic acids is 1. The molecule has 0 bridgehead atoms. The summed E-state index contributed by atoms with van der Waals surface area (Å²) in [5.41, 5.74) is 9.83. The van der Waals surface area contributed by atoms with Crippen LogP contribution in [0.5, 0.6) is 0 Å². The monoisotopic (exact) mass is 373 g/mol. The number of rotatable bonds is 4. The lowest BCUT2D eigenvalue weighted by molar-refractivity contribution is -0.123. The van der Waals surface area contributed by atoms with Crippen molar-refractivity contribution in [2.45, 2.75) is 32.0 Å². The van der Waals surface area contributed by atoms with E-state index >= 15 is 0 Å². The van der Waals surface area contributed by atoms with E-state index in [1.54, 1.807) is 0 Å². The van der Waals surface area contributed by atoms with Crippen molar-refractivity contribution in [1.29, 1.82) is 0 Å². The molecule has 0 saturated carbocycles. The molecule has 3 rings (SSSR count). The highest BCUT2D eigenvalue weighted by molar-refractivity contribution is 9.10. The van der Waals surface area contributed by atoms with Gasteiger partial charge in [-0.3, -0.25) is 4.79 Å². The van der Waals surface area contributed by atoms with Gasteiger partial charge in [0.15, 0.2) is 0 Å². The molecule has 1 fully saturated rings. The van der Waals surface area contributed by atoms with Crippen LogP contribution in [0.1, 0.15) is 29.2 Å². The molecule has 1 heterocycles. The van der Waals surface area contributed by atoms with E-state index in [4.69, 9.17) is 0 Å². The fourth-order valence-corrected chi connectivity index (χ4v) is 2.92. The van der Waals surface area contributed by atoms with Crippen LogP contribution >= 0.6 is 15.9 Å². The quantitative estimate of drug-likeness (QED) is 0.771. The fourth-order valence-electron chi connectivity index (χ4n) is 2.66. The minimum absolute atomic E-state index is 0.0232. The molecule has 2 unspecified atom stereocenters. The maximum Gasteiger partial charge on any atom is 0.238 e. The van der Waals surface area contributed by atoms with Gasteiger partial charge in [-0.2, -0.15) is 0 Å². The SMILES string of the molecule is Cc1ccc(C2CC(C(=O)NCc3ccc(Br)cc3)NN2)cc1. The Morgan fingerprint density at radius 3 is 2.52 bits per heavy atom. The van der Waals surface area contributed by atoms with Gasteiger partial charge < -0.3 is 5.32 Å². The number of hydrogen-bond acceptors (Lipinski definition) is 3. The minimum atomic E-state index is -0.211. The van der Waals surface area contributed by atoms with Gasteiger partial charge in [0.1, 0.15) is 6.04 Å². The third-order valence-corrected chi connectivity index (χ3v) is 4.61. The number of carbonyl (C=O) groups is 1. The van der Waals surface area contributed by atoms with E-state index in [1.165, 1.54) is 11.1 Å². The third-order valence-electron chi connectivity index (χ3n) is 4.08. The summed E-state index contributed by atoms with van der Waals surface area (Å²) in [6.07, 6.45) is 0.745. The summed E-state index contributed by atoms with van der Waals surface area (Å²) < 4.78 is 1.04. The lowest BCUT2D eigenvalue weighted by atomic mass is 10.0. The Labute approximate surface area is 144 Å². The summed E-state index contributed by atoms with van der Waals surface area (Å²) in [5.74, 6) is 0.0232. The van der Waals surface area contributed by atoms with Gasteiger partial charge in [-0.1, -0.05) is 57.9 Å². The number of nitrogens with one attached hydrogen (secondary N) is 3. The third kappa shape index (κ3) is 4.19. The lowest BCUT2D eigenvalue weighted by Crippen LogP contribution is -2.42. The number of aryl methyl sites for hydroxylation is 1. The van der Waals surface area contributed by atoms with Crippen LogP contribution in [-0.2, 0) is 11.3 Å². The van der Waals surface area contributed by atoms with Gasteiger partial charge in [-0.25, -0.2) is 10.9 Å². The highest BCUT2D eigenvalue weighted by Gasteiger charge is 2.29. The summed E-state index contributed by atoms with van der Waals surface area (Å²) in [4.78, 5) is 12.3. The van der Waals surface area contributed by atoms with E-state index in [0.717, 1.165) is 16.5 Å². The number of hydrazine groups is 1. The molecule has 2 aromatic rings. The number of halogens is 1.